The van der Waals surface area contributed by atoms with Crippen LogP contribution in [-0.4, -0.2) is 118 Å². The highest BCUT2D eigenvalue weighted by Gasteiger charge is 2.50. The normalized spacial score (nSPS) is 25.0. The number of aliphatic hydroxyl groups excluding tert-OH is 1. The van der Waals surface area contributed by atoms with Gasteiger partial charge in [0, 0.05) is 36.7 Å². The number of fused-ring (bicyclic) bond motifs is 3. The molecule has 4 atom stereocenters. The summed E-state index contributed by atoms with van der Waals surface area (Å²) >= 11 is 0. The molecule has 8 rings (SSSR count). The van der Waals surface area contributed by atoms with E-state index in [-0.39, 0.29) is 42.0 Å². The van der Waals surface area contributed by atoms with Crippen LogP contribution in [0.25, 0.3) is 22.1 Å². The molecule has 4 aliphatic heterocycles. The molecule has 0 saturated carbocycles. The standard InChI is InChI=1S/C36H38F2N6O7/c1-21-36(19-48-20-36)49-13-12-43(21)26-14-22(6-4-10-42-11-5-7-23(45)17-42)16-39-34(26)50-24-15-27(35(46)47)44(18-24)33-30-29(40-32(41-33)31(37)38)25-8-2-3-9-28(25)51-30/h2-3,8-9,14,16,21,23-24,27,31,45H,5,7,10-13,15,17-20H2,1H3,(H,46,47)/t21-,23+,24-,27-/m0/s1. The second kappa shape index (κ2) is 13.5. The van der Waals surface area contributed by atoms with Crippen LogP contribution in [0.1, 0.15) is 44.0 Å². The van der Waals surface area contributed by atoms with Crippen molar-refractivity contribution in [1.82, 2.24) is 19.9 Å². The number of carboxylic acids is 1. The van der Waals surface area contributed by atoms with Crippen LogP contribution in [0.15, 0.2) is 40.9 Å². The summed E-state index contributed by atoms with van der Waals surface area (Å²) in [5.74, 6) is 4.83. The first-order valence-corrected chi connectivity index (χ1v) is 17.2. The van der Waals surface area contributed by atoms with Crippen molar-refractivity contribution in [2.45, 2.75) is 62.5 Å². The monoisotopic (exact) mass is 704 g/mol. The van der Waals surface area contributed by atoms with E-state index in [4.69, 9.17) is 23.6 Å². The molecule has 4 fully saturated rings. The van der Waals surface area contributed by atoms with E-state index in [0.29, 0.717) is 67.6 Å². The Morgan fingerprint density at radius 1 is 1.18 bits per heavy atom. The van der Waals surface area contributed by atoms with Gasteiger partial charge in [-0.25, -0.2) is 28.5 Å². The minimum Gasteiger partial charge on any atom is -0.480 e. The minimum atomic E-state index is -2.99. The molecule has 2 N–H and O–H groups in total. The maximum absolute atomic E-state index is 14.1. The molecule has 268 valence electrons. The number of alkyl halides is 2. The number of hydrogen-bond donors (Lipinski definition) is 2. The number of β-amino-alcohol motifs (C(OH)–C–C–N with tert-alkyl or cyclic N) is 1. The fourth-order valence-corrected chi connectivity index (χ4v) is 7.53. The first-order chi connectivity index (χ1) is 24.7. The summed E-state index contributed by atoms with van der Waals surface area (Å²) in [6, 6.07) is 7.59. The van der Waals surface area contributed by atoms with Crippen molar-refractivity contribution >= 4 is 39.5 Å². The zero-order valence-electron chi connectivity index (χ0n) is 28.0. The van der Waals surface area contributed by atoms with Gasteiger partial charge in [0.2, 0.25) is 5.88 Å². The van der Waals surface area contributed by atoms with Gasteiger partial charge in [0.25, 0.3) is 6.43 Å². The number of rotatable bonds is 7. The number of likely N-dealkylation sites (tertiary alicyclic amines) is 1. The van der Waals surface area contributed by atoms with Crippen LogP contribution in [-0.2, 0) is 14.3 Å². The molecule has 0 bridgehead atoms. The largest absolute Gasteiger partial charge is 0.480 e. The van der Waals surface area contributed by atoms with Crippen molar-refractivity contribution in [2.24, 2.45) is 0 Å². The van der Waals surface area contributed by atoms with Crippen LogP contribution >= 0.6 is 0 Å². The number of halogens is 2. The highest BCUT2D eigenvalue weighted by atomic mass is 19.3. The molecule has 3 aromatic heterocycles. The molecule has 4 aromatic rings. The van der Waals surface area contributed by atoms with Crippen molar-refractivity contribution < 1.29 is 42.4 Å². The Morgan fingerprint density at radius 2 is 2.02 bits per heavy atom. The molecule has 51 heavy (non-hydrogen) atoms. The molecule has 1 spiro atoms. The molecule has 4 aliphatic rings. The minimum absolute atomic E-state index is 0.0175. The first kappa shape index (κ1) is 33.5. The average molecular weight is 705 g/mol. The molecule has 15 heteroatoms. The smallest absolute Gasteiger partial charge is 0.326 e. The number of carboxylic acid groups (broad SMARTS) is 1. The quantitative estimate of drug-likeness (QED) is 0.270. The number of benzene rings is 1. The van der Waals surface area contributed by atoms with Gasteiger partial charge in [-0.3, -0.25) is 4.90 Å². The lowest BCUT2D eigenvalue weighted by Crippen LogP contribution is -2.68. The van der Waals surface area contributed by atoms with Gasteiger partial charge >= 0.3 is 5.97 Å². The number of hydrogen-bond acceptors (Lipinski definition) is 12. The number of aliphatic carboxylic acids is 1. The van der Waals surface area contributed by atoms with Crippen LogP contribution in [0.3, 0.4) is 0 Å². The van der Waals surface area contributed by atoms with Crippen molar-refractivity contribution in [3.05, 3.63) is 47.9 Å². The van der Waals surface area contributed by atoms with Crippen LogP contribution < -0.4 is 14.5 Å². The molecule has 1 aromatic carbocycles. The molecule has 7 heterocycles. The number of carbonyl (C=O) groups is 1. The molecule has 0 unspecified atom stereocenters. The highest BCUT2D eigenvalue weighted by molar-refractivity contribution is 6.06. The predicted molar refractivity (Wildman–Crippen MR) is 181 cm³/mol. The fraction of sp³-hybridized carbons (Fsp3) is 0.500. The number of aromatic nitrogens is 3. The third kappa shape index (κ3) is 6.31. The summed E-state index contributed by atoms with van der Waals surface area (Å²) in [5, 5.41) is 20.9. The van der Waals surface area contributed by atoms with E-state index in [1.165, 1.54) is 4.90 Å². The van der Waals surface area contributed by atoms with Gasteiger partial charge in [0.1, 0.15) is 34.5 Å². The number of furan rings is 1. The Labute approximate surface area is 292 Å². The number of piperidine rings is 1. The Hall–Kier alpha value is -4.62. The SMILES string of the molecule is C[C@@H]1N(c2cc(C#CCN3CCC[C@@H](O)C3)cnc2O[C@H]2C[C@@H](C(=O)O)N(c3nc(C(F)F)nc4c3oc3ccccc34)C2)CCOC12COC2. The van der Waals surface area contributed by atoms with Crippen LogP contribution in [0.4, 0.5) is 20.3 Å². The Bertz CT molecular complexity index is 2010. The molecular weight excluding hydrogens is 666 g/mol. The average Bonchev–Trinajstić information content (AvgIpc) is 3.70. The number of morpholine rings is 1. The van der Waals surface area contributed by atoms with Gasteiger partial charge in [-0.05, 0) is 44.5 Å². The third-order valence-electron chi connectivity index (χ3n) is 10.3. The van der Waals surface area contributed by atoms with Crippen molar-refractivity contribution in [3.8, 4) is 17.7 Å². The second-order valence-electron chi connectivity index (χ2n) is 13.6. The predicted octanol–water partition coefficient (Wildman–Crippen LogP) is 3.62. The van der Waals surface area contributed by atoms with Crippen LogP contribution in [0.5, 0.6) is 5.88 Å². The van der Waals surface area contributed by atoms with E-state index in [9.17, 15) is 23.8 Å². The van der Waals surface area contributed by atoms with E-state index < -0.39 is 36.0 Å². The molecule has 4 saturated heterocycles. The molecule has 0 amide bonds. The summed E-state index contributed by atoms with van der Waals surface area (Å²) in [6.45, 7) is 6.02. The Balaban J connectivity index is 1.12. The lowest BCUT2D eigenvalue weighted by Gasteiger charge is -2.53. The summed E-state index contributed by atoms with van der Waals surface area (Å²) < 4.78 is 52.4. The Kier molecular flexibility index (Phi) is 8.87. The maximum atomic E-state index is 14.1. The second-order valence-corrected chi connectivity index (χ2v) is 13.6. The highest BCUT2D eigenvalue weighted by Crippen LogP contribution is 2.41. The number of para-hydroxylation sites is 1. The summed E-state index contributed by atoms with van der Waals surface area (Å²) in [6.07, 6.45) is -0.630. The van der Waals surface area contributed by atoms with Gasteiger partial charge in [-0.1, -0.05) is 24.0 Å². The molecule has 13 nitrogen and oxygen atoms in total. The van der Waals surface area contributed by atoms with Crippen LogP contribution in [0.2, 0.25) is 0 Å². The summed E-state index contributed by atoms with van der Waals surface area (Å²) in [7, 11) is 0. The molecule has 0 radical (unpaired) electrons. The Morgan fingerprint density at radius 3 is 2.78 bits per heavy atom. The summed E-state index contributed by atoms with van der Waals surface area (Å²) in [5.41, 5.74) is 1.63. The van der Waals surface area contributed by atoms with Gasteiger partial charge in [-0.15, -0.1) is 0 Å². The zero-order chi connectivity index (χ0) is 35.3. The van der Waals surface area contributed by atoms with E-state index in [2.05, 4.69) is 38.5 Å². The number of ether oxygens (including phenoxy) is 3. The van der Waals surface area contributed by atoms with Crippen molar-refractivity contribution in [1.29, 1.82) is 0 Å². The zero-order valence-corrected chi connectivity index (χ0v) is 28.0. The lowest BCUT2D eigenvalue weighted by molar-refractivity contribution is -0.228. The van der Waals surface area contributed by atoms with E-state index in [0.717, 1.165) is 19.4 Å². The van der Waals surface area contributed by atoms with Crippen molar-refractivity contribution in [2.75, 3.05) is 62.3 Å². The maximum Gasteiger partial charge on any atom is 0.326 e. The van der Waals surface area contributed by atoms with E-state index in [1.807, 2.05) is 6.07 Å². The van der Waals surface area contributed by atoms with Crippen LogP contribution in [0, 0.1) is 11.8 Å². The number of pyridine rings is 1. The molecule has 0 aliphatic carbocycles. The van der Waals surface area contributed by atoms with E-state index >= 15 is 0 Å². The van der Waals surface area contributed by atoms with Gasteiger partial charge in [-0.2, -0.15) is 0 Å². The topological polar surface area (TPSA) is 147 Å². The summed E-state index contributed by atoms with van der Waals surface area (Å²) in [4.78, 5) is 31.3. The fourth-order valence-electron chi connectivity index (χ4n) is 7.53. The molecular formula is C36H38F2N6O7. The third-order valence-corrected chi connectivity index (χ3v) is 10.3. The number of nitrogens with zero attached hydrogens (tertiary/aromatic N) is 6. The van der Waals surface area contributed by atoms with Gasteiger partial charge in [0.05, 0.1) is 45.1 Å². The number of anilines is 2. The van der Waals surface area contributed by atoms with E-state index in [1.54, 1.807) is 30.5 Å². The van der Waals surface area contributed by atoms with Gasteiger partial charge < -0.3 is 38.6 Å². The van der Waals surface area contributed by atoms with Crippen molar-refractivity contribution in [3.63, 3.8) is 0 Å². The lowest BCUT2D eigenvalue weighted by atomic mass is 9.90. The first-order valence-electron chi connectivity index (χ1n) is 17.2. The number of aliphatic hydroxyl groups is 1. The van der Waals surface area contributed by atoms with Gasteiger partial charge in [0.15, 0.2) is 17.2 Å².